The van der Waals surface area contributed by atoms with Crippen LogP contribution in [-0.2, 0) is 11.2 Å². The van der Waals surface area contributed by atoms with E-state index in [0.29, 0.717) is 41.3 Å². The topological polar surface area (TPSA) is 35.0 Å². The minimum absolute atomic E-state index is 0.0934. The number of hydrogen-bond acceptors (Lipinski definition) is 3. The van der Waals surface area contributed by atoms with Crippen LogP contribution in [-0.4, -0.2) is 22.7 Å². The smallest absolute Gasteiger partial charge is 0.167 e. The Bertz CT molecular complexity index is 854. The summed E-state index contributed by atoms with van der Waals surface area (Å²) in [5.74, 6) is 0.585. The zero-order valence-electron chi connectivity index (χ0n) is 18.7. The van der Waals surface area contributed by atoms with E-state index in [0.717, 1.165) is 38.7 Å². The molecule has 2 atom stereocenters. The summed E-state index contributed by atoms with van der Waals surface area (Å²) in [5, 5.41) is 0. The van der Waals surface area contributed by atoms with Crippen LogP contribution >= 0.6 is 0 Å². The number of halogens is 2. The molecule has 2 fully saturated rings. The van der Waals surface area contributed by atoms with Crippen LogP contribution in [0.15, 0.2) is 24.5 Å². The molecular formula is C26H34F2N2O. The van der Waals surface area contributed by atoms with Crippen LogP contribution < -0.4 is 0 Å². The minimum atomic E-state index is -0.782. The van der Waals surface area contributed by atoms with Gasteiger partial charge < -0.3 is 4.74 Å². The Hall–Kier alpha value is -1.88. The third-order valence-electron chi connectivity index (χ3n) is 7.34. The lowest BCUT2D eigenvalue weighted by molar-refractivity contribution is -0.0409. The molecule has 1 aromatic heterocycles. The molecule has 5 heteroatoms. The maximum absolute atomic E-state index is 15.0. The van der Waals surface area contributed by atoms with Crippen LogP contribution in [0.5, 0.6) is 0 Å². The molecule has 3 nitrogen and oxygen atoms in total. The highest BCUT2D eigenvalue weighted by Crippen LogP contribution is 2.43. The quantitative estimate of drug-likeness (QED) is 0.504. The van der Waals surface area contributed by atoms with Crippen LogP contribution in [0.3, 0.4) is 0 Å². The highest BCUT2D eigenvalue weighted by Gasteiger charge is 2.33. The number of rotatable bonds is 6. The van der Waals surface area contributed by atoms with Crippen molar-refractivity contribution in [3.8, 4) is 11.1 Å². The molecule has 2 aliphatic rings. The normalized spacial score (nSPS) is 26.7. The molecule has 2 aromatic rings. The van der Waals surface area contributed by atoms with E-state index in [1.165, 1.54) is 19.3 Å². The average Bonchev–Trinajstić information content (AvgIpc) is 2.82. The standard InChI is InChI=1S/C26H34F2N2O/c1-3-5-21-11-10-19(16-31-21)17-6-8-18(9-7-17)22-12-13-23(26(28)25(22)27)20-14-29-24(4-2)30-15-20/h12-15,17-19,21H,3-11,16H2,1-2H3. The van der Waals surface area contributed by atoms with Crippen LogP contribution in [0.1, 0.15) is 82.5 Å². The first-order valence-corrected chi connectivity index (χ1v) is 12.0. The van der Waals surface area contributed by atoms with Gasteiger partial charge in [-0.25, -0.2) is 18.7 Å². The summed E-state index contributed by atoms with van der Waals surface area (Å²) in [6, 6.07) is 3.46. The zero-order valence-corrected chi connectivity index (χ0v) is 18.7. The third kappa shape index (κ3) is 4.97. The molecule has 1 aliphatic heterocycles. The molecule has 0 N–H and O–H groups in total. The first-order valence-electron chi connectivity index (χ1n) is 12.0. The first kappa shape index (κ1) is 22.3. The SMILES string of the molecule is CCCC1CCC(C2CCC(c3ccc(-c4cnc(CC)nc4)c(F)c3F)CC2)CO1. The monoisotopic (exact) mass is 428 g/mol. The van der Waals surface area contributed by atoms with Crippen molar-refractivity contribution < 1.29 is 13.5 Å². The Morgan fingerprint density at radius 1 is 0.903 bits per heavy atom. The Morgan fingerprint density at radius 2 is 1.61 bits per heavy atom. The van der Waals surface area contributed by atoms with Gasteiger partial charge in [-0.05, 0) is 68.3 Å². The third-order valence-corrected chi connectivity index (χ3v) is 7.34. The van der Waals surface area contributed by atoms with Gasteiger partial charge in [-0.1, -0.05) is 32.4 Å². The van der Waals surface area contributed by atoms with E-state index < -0.39 is 11.6 Å². The molecule has 0 spiro atoms. The van der Waals surface area contributed by atoms with Crippen molar-refractivity contribution in [3.63, 3.8) is 0 Å². The van der Waals surface area contributed by atoms with Crippen molar-refractivity contribution in [1.29, 1.82) is 0 Å². The van der Waals surface area contributed by atoms with Crippen molar-refractivity contribution in [2.24, 2.45) is 11.8 Å². The first-order chi connectivity index (χ1) is 15.1. The molecule has 0 bridgehead atoms. The molecule has 0 radical (unpaired) electrons. The summed E-state index contributed by atoms with van der Waals surface area (Å²) in [4.78, 5) is 8.43. The minimum Gasteiger partial charge on any atom is -0.378 e. The van der Waals surface area contributed by atoms with Crippen molar-refractivity contribution in [3.05, 3.63) is 47.5 Å². The maximum atomic E-state index is 15.0. The van der Waals surface area contributed by atoms with E-state index in [1.807, 2.05) is 6.92 Å². The Balaban J connectivity index is 1.39. The van der Waals surface area contributed by atoms with Gasteiger partial charge in [0.05, 0.1) is 12.7 Å². The maximum Gasteiger partial charge on any atom is 0.167 e. The van der Waals surface area contributed by atoms with E-state index >= 15 is 4.39 Å². The second-order valence-corrected chi connectivity index (χ2v) is 9.26. The highest BCUT2D eigenvalue weighted by molar-refractivity contribution is 5.63. The van der Waals surface area contributed by atoms with E-state index in [9.17, 15) is 4.39 Å². The number of hydrogen-bond donors (Lipinski definition) is 0. The van der Waals surface area contributed by atoms with E-state index in [4.69, 9.17) is 4.74 Å². The summed E-state index contributed by atoms with van der Waals surface area (Å²) >= 11 is 0. The molecule has 1 saturated heterocycles. The van der Waals surface area contributed by atoms with Crippen LogP contribution in [0.2, 0.25) is 0 Å². The number of nitrogens with zero attached hydrogens (tertiary/aromatic N) is 2. The van der Waals surface area contributed by atoms with Gasteiger partial charge in [0.2, 0.25) is 0 Å². The van der Waals surface area contributed by atoms with E-state index in [2.05, 4.69) is 16.9 Å². The molecule has 168 valence electrons. The van der Waals surface area contributed by atoms with Gasteiger partial charge in [-0.3, -0.25) is 0 Å². The van der Waals surface area contributed by atoms with Gasteiger partial charge in [-0.15, -0.1) is 0 Å². The second kappa shape index (κ2) is 10.2. The lowest BCUT2D eigenvalue weighted by Crippen LogP contribution is -2.32. The highest BCUT2D eigenvalue weighted by atomic mass is 19.2. The van der Waals surface area contributed by atoms with Gasteiger partial charge in [0.25, 0.3) is 0 Å². The predicted molar refractivity (Wildman–Crippen MR) is 119 cm³/mol. The fourth-order valence-corrected chi connectivity index (χ4v) is 5.43. The number of benzene rings is 1. The van der Waals surface area contributed by atoms with Crippen LogP contribution in [0, 0.1) is 23.5 Å². The summed E-state index contributed by atoms with van der Waals surface area (Å²) in [6.07, 6.45) is 13.1. The van der Waals surface area contributed by atoms with Gasteiger partial charge in [0, 0.05) is 29.9 Å². The molecule has 2 heterocycles. The van der Waals surface area contributed by atoms with E-state index in [-0.39, 0.29) is 11.5 Å². The second-order valence-electron chi connectivity index (χ2n) is 9.26. The molecule has 1 aliphatic carbocycles. The predicted octanol–water partition coefficient (Wildman–Crippen LogP) is 6.85. The molecule has 2 unspecified atom stereocenters. The Kier molecular flexibility index (Phi) is 7.31. The van der Waals surface area contributed by atoms with E-state index in [1.54, 1.807) is 24.5 Å². The summed E-state index contributed by atoms with van der Waals surface area (Å²) in [7, 11) is 0. The van der Waals surface area contributed by atoms with Crippen molar-refractivity contribution in [2.75, 3.05) is 6.61 Å². The molecule has 0 amide bonds. The van der Waals surface area contributed by atoms with Gasteiger partial charge in [-0.2, -0.15) is 0 Å². The average molecular weight is 429 g/mol. The van der Waals surface area contributed by atoms with Crippen LogP contribution in [0.4, 0.5) is 8.78 Å². The molecule has 1 aromatic carbocycles. The van der Waals surface area contributed by atoms with Crippen molar-refractivity contribution in [1.82, 2.24) is 9.97 Å². The van der Waals surface area contributed by atoms with Gasteiger partial charge in [0.15, 0.2) is 11.6 Å². The molecule has 31 heavy (non-hydrogen) atoms. The Morgan fingerprint density at radius 3 is 2.23 bits per heavy atom. The number of ether oxygens (including phenoxy) is 1. The molecular weight excluding hydrogens is 394 g/mol. The van der Waals surface area contributed by atoms with Crippen molar-refractivity contribution in [2.45, 2.75) is 83.7 Å². The zero-order chi connectivity index (χ0) is 21.8. The molecule has 4 rings (SSSR count). The summed E-state index contributed by atoms with van der Waals surface area (Å²) in [6.45, 7) is 5.04. The fraction of sp³-hybridized carbons (Fsp3) is 0.615. The van der Waals surface area contributed by atoms with Gasteiger partial charge in [0.1, 0.15) is 5.82 Å². The fourth-order valence-electron chi connectivity index (χ4n) is 5.43. The molecule has 1 saturated carbocycles. The number of aromatic nitrogens is 2. The number of aryl methyl sites for hydroxylation is 1. The van der Waals surface area contributed by atoms with Crippen molar-refractivity contribution >= 4 is 0 Å². The summed E-state index contributed by atoms with van der Waals surface area (Å²) in [5.41, 5.74) is 1.27. The van der Waals surface area contributed by atoms with Crippen LogP contribution in [0.25, 0.3) is 11.1 Å². The summed E-state index contributed by atoms with van der Waals surface area (Å²) < 4.78 is 36.0. The lowest BCUT2D eigenvalue weighted by Gasteiger charge is -2.38. The lowest BCUT2D eigenvalue weighted by atomic mass is 9.72. The van der Waals surface area contributed by atoms with Gasteiger partial charge >= 0.3 is 0 Å². The Labute approximate surface area is 184 Å². The largest absolute Gasteiger partial charge is 0.378 e.